The van der Waals surface area contributed by atoms with Crippen LogP contribution in [0.5, 0.6) is 0 Å². The molecule has 0 bridgehead atoms. The first kappa shape index (κ1) is 25.3. The molecule has 1 aromatic carbocycles. The predicted octanol–water partition coefficient (Wildman–Crippen LogP) is 9.13. The smallest absolute Gasteiger partial charge is 0.0136 e. The molecule has 1 heteroatoms. The van der Waals surface area contributed by atoms with Crippen LogP contribution in [0.3, 0.4) is 0 Å². The van der Waals surface area contributed by atoms with Crippen molar-refractivity contribution in [3.8, 4) is 0 Å². The maximum atomic E-state index is 4.14. The molecule has 2 saturated carbocycles. The van der Waals surface area contributed by atoms with Crippen LogP contribution in [0.4, 0.5) is 0 Å². The number of rotatable bonds is 4. The fraction of sp³-hybridized carbons (Fsp3) is 0.677. The van der Waals surface area contributed by atoms with Crippen molar-refractivity contribution in [2.75, 3.05) is 6.54 Å². The van der Waals surface area contributed by atoms with Gasteiger partial charge in [-0.1, -0.05) is 138 Å². The van der Waals surface area contributed by atoms with Crippen LogP contribution in [-0.2, 0) is 0 Å². The van der Waals surface area contributed by atoms with E-state index >= 15 is 0 Å². The second-order valence-corrected chi connectivity index (χ2v) is 10.4. The van der Waals surface area contributed by atoms with Gasteiger partial charge in [-0.2, -0.15) is 0 Å². The molecule has 0 heterocycles. The average molecular weight is 436 g/mol. The van der Waals surface area contributed by atoms with E-state index in [1.807, 2.05) is 0 Å². The molecular formula is C31H49N. The molecule has 32 heavy (non-hydrogen) atoms. The summed E-state index contributed by atoms with van der Waals surface area (Å²) in [5.41, 5.74) is 1.51. The van der Waals surface area contributed by atoms with Crippen molar-refractivity contribution in [1.29, 1.82) is 0 Å². The first-order valence-electron chi connectivity index (χ1n) is 14.0. The molecule has 178 valence electrons. The van der Waals surface area contributed by atoms with Crippen LogP contribution in [0, 0.1) is 5.92 Å². The quantitative estimate of drug-likeness (QED) is 0.465. The van der Waals surface area contributed by atoms with E-state index in [-0.39, 0.29) is 0 Å². The van der Waals surface area contributed by atoms with Crippen molar-refractivity contribution in [2.45, 2.75) is 121 Å². The highest BCUT2D eigenvalue weighted by atomic mass is 14.9. The normalized spacial score (nSPS) is 24.8. The molecule has 2 atom stereocenters. The monoisotopic (exact) mass is 435 g/mol. The van der Waals surface area contributed by atoms with Gasteiger partial charge < -0.3 is 5.32 Å². The second-order valence-electron chi connectivity index (χ2n) is 10.4. The maximum Gasteiger partial charge on any atom is 0.0136 e. The minimum atomic E-state index is 0.633. The van der Waals surface area contributed by atoms with E-state index in [9.17, 15) is 0 Å². The predicted molar refractivity (Wildman–Crippen MR) is 141 cm³/mol. The Morgan fingerprint density at radius 1 is 0.500 bits per heavy atom. The van der Waals surface area contributed by atoms with Gasteiger partial charge in [0.2, 0.25) is 0 Å². The van der Waals surface area contributed by atoms with Gasteiger partial charge in [0.05, 0.1) is 0 Å². The summed E-state index contributed by atoms with van der Waals surface area (Å²) in [7, 11) is 0. The molecule has 0 amide bonds. The second kappa shape index (κ2) is 16.3. The Morgan fingerprint density at radius 2 is 0.938 bits per heavy atom. The molecule has 2 unspecified atom stereocenters. The van der Waals surface area contributed by atoms with E-state index in [0.717, 1.165) is 5.92 Å². The van der Waals surface area contributed by atoms with Crippen LogP contribution in [0.25, 0.3) is 0 Å². The van der Waals surface area contributed by atoms with Crippen LogP contribution < -0.4 is 5.32 Å². The zero-order chi connectivity index (χ0) is 22.1. The molecule has 0 aliphatic heterocycles. The molecule has 2 fully saturated rings. The molecule has 2 aliphatic rings. The summed E-state index contributed by atoms with van der Waals surface area (Å²) in [4.78, 5) is 0. The van der Waals surface area contributed by atoms with E-state index < -0.39 is 0 Å². The fourth-order valence-electron chi connectivity index (χ4n) is 5.85. The van der Waals surface area contributed by atoms with Gasteiger partial charge in [-0.3, -0.25) is 0 Å². The minimum absolute atomic E-state index is 0.633. The summed E-state index contributed by atoms with van der Waals surface area (Å²) in [6.07, 6.45) is 24.3. The van der Waals surface area contributed by atoms with Crippen LogP contribution in [0.2, 0.25) is 0 Å². The topological polar surface area (TPSA) is 12.0 Å². The summed E-state index contributed by atoms with van der Waals surface area (Å²) in [5, 5.41) is 4.14. The van der Waals surface area contributed by atoms with Crippen molar-refractivity contribution in [1.82, 2.24) is 5.32 Å². The van der Waals surface area contributed by atoms with E-state index in [2.05, 4.69) is 59.9 Å². The molecule has 0 spiro atoms. The molecule has 1 N–H and O–H groups in total. The molecule has 2 aliphatic carbocycles. The Kier molecular flexibility index (Phi) is 12.9. The zero-order valence-corrected chi connectivity index (χ0v) is 20.7. The number of hydrogen-bond acceptors (Lipinski definition) is 1. The largest absolute Gasteiger partial charge is 0.313 e. The third-order valence-corrected chi connectivity index (χ3v) is 7.83. The van der Waals surface area contributed by atoms with E-state index in [1.54, 1.807) is 0 Å². The Balaban J connectivity index is 1.63. The first-order chi connectivity index (χ1) is 15.9. The molecule has 3 rings (SSSR count). The standard InChI is InChI=1S/C31H49N/c1-2-4-7-11-16-22-28(21-15-10-6-3-1)27-32-31-26-20-14-19-25-30(31)29-23-17-12-8-5-9-13-18-24-29/h5,8-9,12-13,17-18,23-24,28,30-32H,1-4,6-7,10-11,14-16,19-22,25-27H2. The zero-order valence-electron chi connectivity index (χ0n) is 20.7. The third kappa shape index (κ3) is 10.1. The Labute approximate surface area is 199 Å². The Bertz CT molecular complexity index is 613. The van der Waals surface area contributed by atoms with E-state index in [0.29, 0.717) is 12.0 Å². The average Bonchev–Trinajstić information content (AvgIpc) is 3.04. The maximum absolute atomic E-state index is 4.14. The Hall–Kier alpha value is -1.34. The van der Waals surface area contributed by atoms with Crippen LogP contribution in [0.15, 0.2) is 54.6 Å². The van der Waals surface area contributed by atoms with Crippen LogP contribution in [-0.4, -0.2) is 12.6 Å². The first-order valence-corrected chi connectivity index (χ1v) is 14.0. The lowest BCUT2D eigenvalue weighted by Crippen LogP contribution is -2.37. The molecular weight excluding hydrogens is 386 g/mol. The third-order valence-electron chi connectivity index (χ3n) is 7.83. The SMILES string of the molecule is c1ccccc(C2CCCCCC2NCC2CCCCCCCCCCCC2)cccc1. The molecule has 1 nitrogen and oxygen atoms in total. The van der Waals surface area contributed by atoms with Gasteiger partial charge in [-0.25, -0.2) is 0 Å². The molecule has 0 saturated heterocycles. The van der Waals surface area contributed by atoms with Gasteiger partial charge in [0.1, 0.15) is 0 Å². The summed E-state index contributed by atoms with van der Waals surface area (Å²) in [6, 6.07) is 20.5. The summed E-state index contributed by atoms with van der Waals surface area (Å²) < 4.78 is 0. The summed E-state index contributed by atoms with van der Waals surface area (Å²) in [5.74, 6) is 1.52. The van der Waals surface area contributed by atoms with E-state index in [1.165, 1.54) is 121 Å². The van der Waals surface area contributed by atoms with E-state index in [4.69, 9.17) is 0 Å². The lowest BCUT2D eigenvalue weighted by atomic mass is 9.87. The highest BCUT2D eigenvalue weighted by molar-refractivity contribution is 5.19. The van der Waals surface area contributed by atoms with Crippen molar-refractivity contribution < 1.29 is 0 Å². The number of nitrogens with one attached hydrogen (secondary N) is 1. The highest BCUT2D eigenvalue weighted by Gasteiger charge is 2.25. The highest BCUT2D eigenvalue weighted by Crippen LogP contribution is 2.32. The van der Waals surface area contributed by atoms with Crippen LogP contribution in [0.1, 0.15) is 121 Å². The van der Waals surface area contributed by atoms with Crippen molar-refractivity contribution in [3.05, 3.63) is 60.2 Å². The lowest BCUT2D eigenvalue weighted by molar-refractivity contribution is 0.334. The number of hydrogen-bond donors (Lipinski definition) is 1. The van der Waals surface area contributed by atoms with Gasteiger partial charge in [0, 0.05) is 6.04 Å². The van der Waals surface area contributed by atoms with Gasteiger partial charge in [0.15, 0.2) is 0 Å². The Morgan fingerprint density at radius 3 is 1.53 bits per heavy atom. The van der Waals surface area contributed by atoms with Gasteiger partial charge >= 0.3 is 0 Å². The van der Waals surface area contributed by atoms with Gasteiger partial charge in [-0.05, 0) is 49.6 Å². The van der Waals surface area contributed by atoms with Crippen molar-refractivity contribution >= 4 is 0 Å². The summed E-state index contributed by atoms with van der Waals surface area (Å²) in [6.45, 7) is 1.23. The molecule has 1 aromatic rings. The van der Waals surface area contributed by atoms with Crippen molar-refractivity contribution in [2.24, 2.45) is 5.92 Å². The van der Waals surface area contributed by atoms with Crippen molar-refractivity contribution in [3.63, 3.8) is 0 Å². The molecule has 0 radical (unpaired) electrons. The summed E-state index contributed by atoms with van der Waals surface area (Å²) >= 11 is 0. The lowest BCUT2D eigenvalue weighted by Gasteiger charge is -2.29. The molecule has 0 aromatic heterocycles. The van der Waals surface area contributed by atoms with Crippen LogP contribution >= 0.6 is 0 Å². The minimum Gasteiger partial charge on any atom is -0.313 e. The van der Waals surface area contributed by atoms with Gasteiger partial charge in [0.25, 0.3) is 0 Å². The van der Waals surface area contributed by atoms with Gasteiger partial charge in [-0.15, -0.1) is 0 Å². The fourth-order valence-corrected chi connectivity index (χ4v) is 5.85.